The molecule has 0 aromatic heterocycles. The number of hydrogen-bond acceptors (Lipinski definition) is 4. The van der Waals surface area contributed by atoms with Crippen molar-refractivity contribution in [1.29, 1.82) is 0 Å². The molecule has 0 aliphatic carbocycles. The fourth-order valence-electron chi connectivity index (χ4n) is 2.16. The van der Waals surface area contributed by atoms with E-state index in [4.69, 9.17) is 9.47 Å². The summed E-state index contributed by atoms with van der Waals surface area (Å²) in [5, 5.41) is 10.1. The minimum absolute atomic E-state index is 0.149. The van der Waals surface area contributed by atoms with E-state index in [-0.39, 0.29) is 6.10 Å². The van der Waals surface area contributed by atoms with Crippen LogP contribution in [0.15, 0.2) is 30.3 Å². The average Bonchev–Trinajstić information content (AvgIpc) is 2.46. The van der Waals surface area contributed by atoms with Gasteiger partial charge in [0, 0.05) is 33.4 Å². The van der Waals surface area contributed by atoms with E-state index in [1.54, 1.807) is 7.11 Å². The van der Waals surface area contributed by atoms with E-state index in [0.29, 0.717) is 13.2 Å². The van der Waals surface area contributed by atoms with Gasteiger partial charge in [0.15, 0.2) is 0 Å². The average molecular weight is 295 g/mol. The van der Waals surface area contributed by atoms with Crippen LogP contribution in [-0.2, 0) is 16.0 Å². The number of benzene rings is 1. The fraction of sp³-hybridized carbons (Fsp3) is 0.647. The largest absolute Gasteiger partial charge is 0.389 e. The zero-order valence-electron chi connectivity index (χ0n) is 13.5. The van der Waals surface area contributed by atoms with Crippen molar-refractivity contribution in [2.45, 2.75) is 39.0 Å². The fourth-order valence-corrected chi connectivity index (χ4v) is 2.16. The van der Waals surface area contributed by atoms with Gasteiger partial charge in [0.2, 0.25) is 0 Å². The number of nitrogens with zero attached hydrogens (tertiary/aromatic N) is 1. The number of aliphatic hydroxyl groups excluding tert-OH is 1. The summed E-state index contributed by atoms with van der Waals surface area (Å²) in [6.45, 7) is 7.44. The molecule has 0 saturated carbocycles. The lowest BCUT2D eigenvalue weighted by Gasteiger charge is -2.25. The van der Waals surface area contributed by atoms with E-state index in [1.807, 2.05) is 32.0 Å². The van der Waals surface area contributed by atoms with Crippen molar-refractivity contribution in [1.82, 2.24) is 4.90 Å². The molecule has 1 rings (SSSR count). The van der Waals surface area contributed by atoms with Gasteiger partial charge in [-0.25, -0.2) is 0 Å². The summed E-state index contributed by atoms with van der Waals surface area (Å²) in [4.78, 5) is 2.25. The van der Waals surface area contributed by atoms with Gasteiger partial charge in [-0.3, -0.25) is 4.90 Å². The first-order chi connectivity index (χ1) is 10.1. The van der Waals surface area contributed by atoms with Crippen molar-refractivity contribution in [3.63, 3.8) is 0 Å². The lowest BCUT2D eigenvalue weighted by Crippen LogP contribution is -2.36. The van der Waals surface area contributed by atoms with Gasteiger partial charge >= 0.3 is 0 Å². The highest BCUT2D eigenvalue weighted by Gasteiger charge is 2.13. The Kier molecular flexibility index (Phi) is 9.26. The highest BCUT2D eigenvalue weighted by Crippen LogP contribution is 2.07. The number of ether oxygens (including phenoxy) is 2. The van der Waals surface area contributed by atoms with Crippen LogP contribution in [-0.4, -0.2) is 55.6 Å². The highest BCUT2D eigenvalue weighted by atomic mass is 16.5. The molecule has 0 saturated heterocycles. The Morgan fingerprint density at radius 3 is 2.52 bits per heavy atom. The zero-order valence-corrected chi connectivity index (χ0v) is 13.5. The molecule has 0 bridgehead atoms. The molecule has 1 aromatic rings. The molecule has 0 fully saturated rings. The van der Waals surface area contributed by atoms with E-state index < -0.39 is 6.10 Å². The van der Waals surface area contributed by atoms with Gasteiger partial charge in [0.1, 0.15) is 0 Å². The standard InChI is InChI=1S/C17H29NO3/c1-15(2)21-14-17(19)13-18(10-7-11-20-3)12-16-8-5-4-6-9-16/h4-6,8-9,15,17,19H,7,10-14H2,1-3H3/t17-/m0/s1. The minimum atomic E-state index is -0.460. The molecular weight excluding hydrogens is 266 g/mol. The van der Waals surface area contributed by atoms with Crippen molar-refractivity contribution in [2.75, 3.05) is 33.4 Å². The second kappa shape index (κ2) is 10.7. The second-order valence-corrected chi connectivity index (χ2v) is 5.60. The summed E-state index contributed by atoms with van der Waals surface area (Å²) in [5.74, 6) is 0. The van der Waals surface area contributed by atoms with E-state index >= 15 is 0 Å². The van der Waals surface area contributed by atoms with Gasteiger partial charge in [0.05, 0.1) is 18.8 Å². The first-order valence-corrected chi connectivity index (χ1v) is 7.66. The van der Waals surface area contributed by atoms with Crippen LogP contribution < -0.4 is 0 Å². The Balaban J connectivity index is 2.47. The van der Waals surface area contributed by atoms with E-state index in [9.17, 15) is 5.11 Å². The molecule has 1 N–H and O–H groups in total. The molecule has 0 aliphatic heterocycles. The van der Waals surface area contributed by atoms with Crippen LogP contribution in [0.1, 0.15) is 25.8 Å². The van der Waals surface area contributed by atoms with Gasteiger partial charge in [-0.15, -0.1) is 0 Å². The first kappa shape index (κ1) is 18.1. The lowest BCUT2D eigenvalue weighted by atomic mass is 10.2. The predicted molar refractivity (Wildman–Crippen MR) is 85.3 cm³/mol. The summed E-state index contributed by atoms with van der Waals surface area (Å²) < 4.78 is 10.6. The Morgan fingerprint density at radius 1 is 1.19 bits per heavy atom. The van der Waals surface area contributed by atoms with Gasteiger partial charge < -0.3 is 14.6 Å². The third-order valence-electron chi connectivity index (χ3n) is 3.16. The first-order valence-electron chi connectivity index (χ1n) is 7.66. The summed E-state index contributed by atoms with van der Waals surface area (Å²) in [7, 11) is 1.72. The van der Waals surface area contributed by atoms with Gasteiger partial charge in [-0.2, -0.15) is 0 Å². The maximum absolute atomic E-state index is 10.1. The summed E-state index contributed by atoms with van der Waals surface area (Å²) in [6.07, 6.45) is 0.649. The van der Waals surface area contributed by atoms with Crippen molar-refractivity contribution >= 4 is 0 Å². The van der Waals surface area contributed by atoms with Crippen LogP contribution in [0.4, 0.5) is 0 Å². The topological polar surface area (TPSA) is 41.9 Å². The molecule has 120 valence electrons. The molecule has 4 heteroatoms. The molecule has 0 unspecified atom stereocenters. The molecule has 1 aromatic carbocycles. The Hall–Kier alpha value is -0.940. The summed E-state index contributed by atoms with van der Waals surface area (Å²) in [5.41, 5.74) is 1.26. The highest BCUT2D eigenvalue weighted by molar-refractivity contribution is 5.14. The van der Waals surface area contributed by atoms with Crippen LogP contribution in [0.3, 0.4) is 0 Å². The monoisotopic (exact) mass is 295 g/mol. The molecule has 0 radical (unpaired) electrons. The zero-order chi connectivity index (χ0) is 15.5. The van der Waals surface area contributed by atoms with E-state index in [2.05, 4.69) is 17.0 Å². The Morgan fingerprint density at radius 2 is 1.90 bits per heavy atom. The van der Waals surface area contributed by atoms with Crippen LogP contribution in [0, 0.1) is 0 Å². The van der Waals surface area contributed by atoms with E-state index in [0.717, 1.165) is 26.1 Å². The maximum atomic E-state index is 10.1. The molecule has 1 atom stereocenters. The van der Waals surface area contributed by atoms with Crippen LogP contribution in [0.5, 0.6) is 0 Å². The lowest BCUT2D eigenvalue weighted by molar-refractivity contribution is -0.0103. The summed E-state index contributed by atoms with van der Waals surface area (Å²) in [6, 6.07) is 10.3. The molecule has 0 spiro atoms. The molecular formula is C17H29NO3. The molecule has 4 nitrogen and oxygen atoms in total. The van der Waals surface area contributed by atoms with Gasteiger partial charge in [-0.1, -0.05) is 30.3 Å². The third-order valence-corrected chi connectivity index (χ3v) is 3.16. The number of hydrogen-bond donors (Lipinski definition) is 1. The third kappa shape index (κ3) is 8.83. The number of rotatable bonds is 11. The molecule has 0 heterocycles. The molecule has 0 aliphatic rings. The quantitative estimate of drug-likeness (QED) is 0.636. The smallest absolute Gasteiger partial charge is 0.0900 e. The van der Waals surface area contributed by atoms with Crippen molar-refractivity contribution in [2.24, 2.45) is 0 Å². The molecule has 0 amide bonds. The van der Waals surface area contributed by atoms with Crippen LogP contribution in [0.2, 0.25) is 0 Å². The van der Waals surface area contributed by atoms with Crippen molar-refractivity contribution in [3.8, 4) is 0 Å². The second-order valence-electron chi connectivity index (χ2n) is 5.60. The van der Waals surface area contributed by atoms with Crippen molar-refractivity contribution in [3.05, 3.63) is 35.9 Å². The van der Waals surface area contributed by atoms with Crippen molar-refractivity contribution < 1.29 is 14.6 Å². The molecule has 21 heavy (non-hydrogen) atoms. The number of methoxy groups -OCH3 is 1. The Bertz CT molecular complexity index is 356. The SMILES string of the molecule is COCCCN(Cc1ccccc1)C[C@H](O)COC(C)C. The normalized spacial score (nSPS) is 13.0. The number of aliphatic hydroxyl groups is 1. The maximum Gasteiger partial charge on any atom is 0.0900 e. The van der Waals surface area contributed by atoms with E-state index in [1.165, 1.54) is 5.56 Å². The van der Waals surface area contributed by atoms with Gasteiger partial charge in [0.25, 0.3) is 0 Å². The van der Waals surface area contributed by atoms with Gasteiger partial charge in [-0.05, 0) is 25.8 Å². The predicted octanol–water partition coefficient (Wildman–Crippen LogP) is 2.31. The van der Waals surface area contributed by atoms with Crippen LogP contribution in [0.25, 0.3) is 0 Å². The minimum Gasteiger partial charge on any atom is -0.389 e. The van der Waals surface area contributed by atoms with Crippen LogP contribution >= 0.6 is 0 Å². The Labute approximate surface area is 128 Å². The summed E-state index contributed by atoms with van der Waals surface area (Å²) >= 11 is 0.